The van der Waals surface area contributed by atoms with Crippen molar-refractivity contribution in [2.75, 3.05) is 0 Å². The maximum atomic E-state index is 14.2. The summed E-state index contributed by atoms with van der Waals surface area (Å²) in [5.41, 5.74) is 2.35. The van der Waals surface area contributed by atoms with Crippen molar-refractivity contribution in [3.05, 3.63) is 179 Å². The third-order valence-corrected chi connectivity index (χ3v) is 7.64. The van der Waals surface area contributed by atoms with Crippen molar-refractivity contribution in [1.29, 1.82) is 0 Å². The van der Waals surface area contributed by atoms with E-state index in [2.05, 4.69) is 10.6 Å². The van der Waals surface area contributed by atoms with E-state index in [4.69, 9.17) is 4.74 Å². The molecule has 0 unspecified atom stereocenters. The number of rotatable bonds is 12. The molecule has 2 amide bonds. The summed E-state index contributed by atoms with van der Waals surface area (Å²) in [6, 6.07) is 45.5. The fourth-order valence-corrected chi connectivity index (χ4v) is 5.34. The smallest absolute Gasteiger partial charge is 0.408 e. The van der Waals surface area contributed by atoms with E-state index in [1.807, 2.05) is 152 Å². The average Bonchev–Trinajstić information content (AvgIpc) is 3.08. The van der Waals surface area contributed by atoms with Crippen LogP contribution in [0.5, 0.6) is 0 Å². The first-order valence-corrected chi connectivity index (χ1v) is 14.7. The Morgan fingerprint density at radius 1 is 0.568 bits per heavy atom. The van der Waals surface area contributed by atoms with Crippen LogP contribution in [-0.2, 0) is 34.6 Å². The number of benzene rings is 5. The minimum Gasteiger partial charge on any atom is -0.445 e. The van der Waals surface area contributed by atoms with Gasteiger partial charge in [-0.05, 0) is 34.2 Å². The van der Waals surface area contributed by atoms with Gasteiger partial charge in [-0.2, -0.15) is 0 Å². The number of carbonyl (C=O) groups is 2. The Kier molecular flexibility index (Phi) is 10.2. The molecular formula is C38H36N2O4. The maximum Gasteiger partial charge on any atom is 0.408 e. The molecule has 6 nitrogen and oxygen atoms in total. The van der Waals surface area contributed by atoms with E-state index in [0.29, 0.717) is 17.5 Å². The van der Waals surface area contributed by atoms with Gasteiger partial charge >= 0.3 is 6.09 Å². The van der Waals surface area contributed by atoms with E-state index in [1.165, 1.54) is 0 Å². The highest BCUT2D eigenvalue weighted by atomic mass is 16.5. The molecule has 0 bridgehead atoms. The molecule has 0 aliphatic heterocycles. The van der Waals surface area contributed by atoms with Crippen molar-refractivity contribution >= 4 is 12.0 Å². The van der Waals surface area contributed by atoms with Crippen LogP contribution in [0.4, 0.5) is 4.79 Å². The highest BCUT2D eigenvalue weighted by Gasteiger charge is 2.42. The minimum atomic E-state index is -1.58. The molecule has 0 saturated carbocycles. The molecule has 0 fully saturated rings. The van der Waals surface area contributed by atoms with Gasteiger partial charge in [0.15, 0.2) is 0 Å². The summed E-state index contributed by atoms with van der Waals surface area (Å²) in [6.07, 6.45) is -0.130. The quantitative estimate of drug-likeness (QED) is 0.163. The van der Waals surface area contributed by atoms with Gasteiger partial charge in [0.2, 0.25) is 5.91 Å². The number of aliphatic hydroxyl groups is 1. The summed E-state index contributed by atoms with van der Waals surface area (Å²) in [5.74, 6) is -0.434. The number of amides is 2. The molecule has 5 aromatic carbocycles. The van der Waals surface area contributed by atoms with E-state index in [-0.39, 0.29) is 13.0 Å². The standard InChI is InChI=1S/C38H36N2O4/c41-36(34(26-29-16-6-1-7-17-29)39-37(42)44-28-31-20-10-3-11-21-31)40-35(27-30-18-8-2-9-19-30)38(43,32-22-12-4-13-23-32)33-24-14-5-15-25-33/h1-25,34-35,43H,26-28H2,(H,39,42)(H,40,41)/t34-,35-/m0/s1. The molecule has 0 heterocycles. The second-order valence-electron chi connectivity index (χ2n) is 10.7. The predicted molar refractivity (Wildman–Crippen MR) is 172 cm³/mol. The van der Waals surface area contributed by atoms with E-state index in [9.17, 15) is 14.7 Å². The lowest BCUT2D eigenvalue weighted by Crippen LogP contribution is -2.57. The molecule has 0 radical (unpaired) electrons. The Morgan fingerprint density at radius 3 is 1.45 bits per heavy atom. The number of nitrogens with one attached hydrogen (secondary N) is 2. The fraction of sp³-hybridized carbons (Fsp3) is 0.158. The first-order chi connectivity index (χ1) is 21.5. The van der Waals surface area contributed by atoms with Gasteiger partial charge in [0.25, 0.3) is 0 Å². The predicted octanol–water partition coefficient (Wildman–Crippen LogP) is 6.19. The average molecular weight is 585 g/mol. The molecule has 0 aliphatic rings. The number of carbonyl (C=O) groups excluding carboxylic acids is 2. The van der Waals surface area contributed by atoms with Crippen molar-refractivity contribution in [3.63, 3.8) is 0 Å². The zero-order valence-corrected chi connectivity index (χ0v) is 24.4. The fourth-order valence-electron chi connectivity index (χ4n) is 5.34. The van der Waals surface area contributed by atoms with Crippen LogP contribution in [0, 0.1) is 0 Å². The zero-order chi connectivity index (χ0) is 30.6. The van der Waals surface area contributed by atoms with Gasteiger partial charge in [0.1, 0.15) is 18.2 Å². The lowest BCUT2D eigenvalue weighted by Gasteiger charge is -2.38. The molecule has 0 spiro atoms. The maximum absolute atomic E-state index is 14.2. The summed E-state index contributed by atoms with van der Waals surface area (Å²) in [7, 11) is 0. The lowest BCUT2D eigenvalue weighted by molar-refractivity contribution is -0.125. The molecule has 6 heteroatoms. The number of hydrogen-bond acceptors (Lipinski definition) is 4. The van der Waals surface area contributed by atoms with Gasteiger partial charge in [0, 0.05) is 6.42 Å². The molecule has 44 heavy (non-hydrogen) atoms. The summed E-state index contributed by atoms with van der Waals surface area (Å²) < 4.78 is 5.47. The Hall–Kier alpha value is -5.20. The molecule has 2 atom stereocenters. The number of alkyl carbamates (subject to hydrolysis) is 1. The molecule has 0 saturated heterocycles. The molecule has 3 N–H and O–H groups in total. The summed E-state index contributed by atoms with van der Waals surface area (Å²) >= 11 is 0. The molecule has 0 aromatic heterocycles. The van der Waals surface area contributed by atoms with Crippen molar-refractivity contribution in [1.82, 2.24) is 10.6 Å². The zero-order valence-electron chi connectivity index (χ0n) is 24.4. The lowest BCUT2D eigenvalue weighted by atomic mass is 9.77. The van der Waals surface area contributed by atoms with E-state index < -0.39 is 29.7 Å². The van der Waals surface area contributed by atoms with Crippen LogP contribution >= 0.6 is 0 Å². The third-order valence-electron chi connectivity index (χ3n) is 7.64. The van der Waals surface area contributed by atoms with Gasteiger partial charge in [0.05, 0.1) is 6.04 Å². The SMILES string of the molecule is O=C(N[C@@H](Cc1ccccc1)C(=O)N[C@@H](Cc1ccccc1)C(O)(c1ccccc1)c1ccccc1)OCc1ccccc1. The van der Waals surface area contributed by atoms with Gasteiger partial charge < -0.3 is 20.5 Å². The highest BCUT2D eigenvalue weighted by Crippen LogP contribution is 2.35. The van der Waals surface area contributed by atoms with Crippen LogP contribution in [0.15, 0.2) is 152 Å². The number of ether oxygens (including phenoxy) is 1. The van der Waals surface area contributed by atoms with Crippen LogP contribution in [0.3, 0.4) is 0 Å². The summed E-state index contributed by atoms with van der Waals surface area (Å²) in [4.78, 5) is 27.2. The van der Waals surface area contributed by atoms with E-state index >= 15 is 0 Å². The van der Waals surface area contributed by atoms with Crippen LogP contribution in [0.25, 0.3) is 0 Å². The Morgan fingerprint density at radius 2 is 0.977 bits per heavy atom. The topological polar surface area (TPSA) is 87.7 Å². The molecule has 222 valence electrons. The summed E-state index contributed by atoms with van der Waals surface area (Å²) in [5, 5.41) is 18.6. The largest absolute Gasteiger partial charge is 0.445 e. The molecular weight excluding hydrogens is 548 g/mol. The van der Waals surface area contributed by atoms with Crippen molar-refractivity contribution in [3.8, 4) is 0 Å². The third kappa shape index (κ3) is 7.79. The normalized spacial score (nSPS) is 12.5. The van der Waals surface area contributed by atoms with Gasteiger partial charge in [-0.3, -0.25) is 4.79 Å². The van der Waals surface area contributed by atoms with E-state index in [1.54, 1.807) is 0 Å². The van der Waals surface area contributed by atoms with E-state index in [0.717, 1.165) is 16.7 Å². The van der Waals surface area contributed by atoms with Crippen molar-refractivity contribution in [2.45, 2.75) is 37.1 Å². The van der Waals surface area contributed by atoms with Gasteiger partial charge in [-0.1, -0.05) is 152 Å². The molecule has 0 aliphatic carbocycles. The van der Waals surface area contributed by atoms with Gasteiger partial charge in [-0.25, -0.2) is 4.79 Å². The van der Waals surface area contributed by atoms with Gasteiger partial charge in [-0.15, -0.1) is 0 Å². The minimum absolute atomic E-state index is 0.0742. The van der Waals surface area contributed by atoms with Crippen molar-refractivity contribution in [2.24, 2.45) is 0 Å². The second-order valence-corrected chi connectivity index (χ2v) is 10.7. The summed E-state index contributed by atoms with van der Waals surface area (Å²) in [6.45, 7) is 0.0742. The second kappa shape index (κ2) is 14.8. The first kappa shape index (κ1) is 30.3. The highest BCUT2D eigenvalue weighted by molar-refractivity contribution is 5.86. The van der Waals surface area contributed by atoms with Crippen LogP contribution in [-0.4, -0.2) is 29.2 Å². The Bertz CT molecular complexity index is 1560. The Balaban J connectivity index is 1.46. The first-order valence-electron chi connectivity index (χ1n) is 14.7. The monoisotopic (exact) mass is 584 g/mol. The Labute approximate surface area is 258 Å². The number of hydrogen-bond donors (Lipinski definition) is 3. The van der Waals surface area contributed by atoms with Crippen LogP contribution < -0.4 is 10.6 Å². The molecule has 5 aromatic rings. The van der Waals surface area contributed by atoms with Crippen LogP contribution in [0.1, 0.15) is 27.8 Å². The van der Waals surface area contributed by atoms with Crippen LogP contribution in [0.2, 0.25) is 0 Å². The molecule has 5 rings (SSSR count). The van der Waals surface area contributed by atoms with Crippen molar-refractivity contribution < 1.29 is 19.4 Å².